The summed E-state index contributed by atoms with van der Waals surface area (Å²) in [4.78, 5) is 51.2. The molecule has 194 valence electrons. The van der Waals surface area contributed by atoms with Crippen LogP contribution < -0.4 is 15.5 Å². The summed E-state index contributed by atoms with van der Waals surface area (Å²) in [7, 11) is 0. The van der Waals surface area contributed by atoms with E-state index in [9.17, 15) is 23.6 Å². The fourth-order valence-corrected chi connectivity index (χ4v) is 3.91. The highest BCUT2D eigenvalue weighted by molar-refractivity contribution is 6.53. The molecule has 0 atom stereocenters. The van der Waals surface area contributed by atoms with Crippen molar-refractivity contribution in [3.8, 4) is 0 Å². The third-order valence-electron chi connectivity index (χ3n) is 5.30. The lowest BCUT2D eigenvalue weighted by atomic mass is 10.1. The maximum Gasteiger partial charge on any atom is 0.338 e. The Bertz CT molecular complexity index is 1490. The minimum atomic E-state index is -0.809. The summed E-state index contributed by atoms with van der Waals surface area (Å²) in [6.07, 6.45) is -0.254. The van der Waals surface area contributed by atoms with E-state index >= 15 is 0 Å². The van der Waals surface area contributed by atoms with E-state index in [1.165, 1.54) is 24.3 Å². The van der Waals surface area contributed by atoms with Gasteiger partial charge in [0.2, 0.25) is 0 Å². The predicted molar refractivity (Wildman–Crippen MR) is 142 cm³/mol. The lowest BCUT2D eigenvalue weighted by molar-refractivity contribution is -0.120. The third-order valence-corrected chi connectivity index (χ3v) is 5.94. The molecule has 1 aliphatic rings. The smallest absolute Gasteiger partial charge is 0.338 e. The van der Waals surface area contributed by atoms with Gasteiger partial charge in [0.15, 0.2) is 0 Å². The van der Waals surface area contributed by atoms with Crippen molar-refractivity contribution in [3.63, 3.8) is 0 Å². The van der Waals surface area contributed by atoms with Crippen LogP contribution >= 0.6 is 23.2 Å². The molecule has 1 aliphatic heterocycles. The van der Waals surface area contributed by atoms with E-state index in [1.54, 1.807) is 44.2 Å². The normalized spacial score (nSPS) is 13.3. The highest BCUT2D eigenvalue weighted by atomic mass is 35.5. The third kappa shape index (κ3) is 5.69. The standard InChI is InChI=1S/C27H20Cl2FN3O5/c1-14(2)38-27(37)15-6-8-17(9-7-15)32-24(34)16-4-3-5-18(12-16)31-23-22(29)25(35)33(26(23)36)19-10-11-21(30)20(28)13-19/h3-14,31H,1-2H3,(H,32,34). The number of carbonyl (C=O) groups is 4. The van der Waals surface area contributed by atoms with Crippen molar-refractivity contribution in [2.75, 3.05) is 15.5 Å². The lowest BCUT2D eigenvalue weighted by Gasteiger charge is -2.15. The van der Waals surface area contributed by atoms with E-state index < -0.39 is 29.5 Å². The predicted octanol–water partition coefficient (Wildman–Crippen LogP) is 5.73. The van der Waals surface area contributed by atoms with Gasteiger partial charge in [-0.25, -0.2) is 14.1 Å². The molecule has 0 aliphatic carbocycles. The number of imide groups is 1. The fraction of sp³-hybridized carbons (Fsp3) is 0.111. The second-order valence-corrected chi connectivity index (χ2v) is 9.21. The zero-order valence-corrected chi connectivity index (χ0v) is 21.6. The molecule has 0 saturated heterocycles. The van der Waals surface area contributed by atoms with Gasteiger partial charge in [-0.15, -0.1) is 0 Å². The van der Waals surface area contributed by atoms with Crippen molar-refractivity contribution in [1.29, 1.82) is 0 Å². The van der Waals surface area contributed by atoms with Crippen LogP contribution in [0.3, 0.4) is 0 Å². The summed E-state index contributed by atoms with van der Waals surface area (Å²) >= 11 is 11.9. The van der Waals surface area contributed by atoms with Gasteiger partial charge in [-0.2, -0.15) is 0 Å². The number of nitrogens with zero attached hydrogens (tertiary/aromatic N) is 1. The maximum atomic E-state index is 13.5. The van der Waals surface area contributed by atoms with Crippen LogP contribution in [0.4, 0.5) is 21.5 Å². The average Bonchev–Trinajstić information content (AvgIpc) is 3.09. The van der Waals surface area contributed by atoms with Crippen LogP contribution in [0.2, 0.25) is 5.02 Å². The number of amides is 3. The number of ether oxygens (including phenoxy) is 1. The Morgan fingerprint density at radius 1 is 0.895 bits per heavy atom. The van der Waals surface area contributed by atoms with Gasteiger partial charge < -0.3 is 15.4 Å². The number of esters is 1. The lowest BCUT2D eigenvalue weighted by Crippen LogP contribution is -2.32. The highest BCUT2D eigenvalue weighted by Gasteiger charge is 2.39. The summed E-state index contributed by atoms with van der Waals surface area (Å²) in [5, 5.41) is 4.87. The van der Waals surface area contributed by atoms with Crippen LogP contribution in [0.5, 0.6) is 0 Å². The minimum Gasteiger partial charge on any atom is -0.459 e. The first kappa shape index (κ1) is 26.8. The van der Waals surface area contributed by atoms with Crippen LogP contribution in [0.15, 0.2) is 77.5 Å². The van der Waals surface area contributed by atoms with Gasteiger partial charge in [-0.1, -0.05) is 29.3 Å². The Morgan fingerprint density at radius 3 is 2.26 bits per heavy atom. The van der Waals surface area contributed by atoms with Crippen LogP contribution in [-0.4, -0.2) is 29.8 Å². The molecule has 0 radical (unpaired) electrons. The van der Waals surface area contributed by atoms with E-state index in [0.717, 1.165) is 17.0 Å². The van der Waals surface area contributed by atoms with Crippen molar-refractivity contribution in [2.24, 2.45) is 0 Å². The molecular weight excluding hydrogens is 536 g/mol. The number of anilines is 3. The number of rotatable bonds is 7. The van der Waals surface area contributed by atoms with Crippen LogP contribution in [-0.2, 0) is 14.3 Å². The Hall–Kier alpha value is -4.21. The molecule has 0 unspecified atom stereocenters. The number of halogens is 3. The van der Waals surface area contributed by atoms with E-state index in [0.29, 0.717) is 16.9 Å². The molecule has 38 heavy (non-hydrogen) atoms. The van der Waals surface area contributed by atoms with Gasteiger partial charge in [-0.3, -0.25) is 14.4 Å². The fourth-order valence-electron chi connectivity index (χ4n) is 3.53. The quantitative estimate of drug-likeness (QED) is 0.285. The number of hydrogen-bond acceptors (Lipinski definition) is 6. The largest absolute Gasteiger partial charge is 0.459 e. The van der Waals surface area contributed by atoms with Crippen molar-refractivity contribution < 1.29 is 28.3 Å². The van der Waals surface area contributed by atoms with Crippen LogP contribution in [0.1, 0.15) is 34.6 Å². The van der Waals surface area contributed by atoms with Gasteiger partial charge in [0.25, 0.3) is 17.7 Å². The zero-order chi connectivity index (χ0) is 27.6. The van der Waals surface area contributed by atoms with Crippen molar-refractivity contribution in [3.05, 3.63) is 99.4 Å². The first-order chi connectivity index (χ1) is 18.0. The summed E-state index contributed by atoms with van der Waals surface area (Å²) < 4.78 is 18.7. The van der Waals surface area contributed by atoms with Gasteiger partial charge in [0.05, 0.1) is 22.4 Å². The summed E-state index contributed by atoms with van der Waals surface area (Å²) in [5.74, 6) is -3.20. The Labute approximate surface area is 227 Å². The van der Waals surface area contributed by atoms with Gasteiger partial charge in [0.1, 0.15) is 16.5 Å². The van der Waals surface area contributed by atoms with Crippen LogP contribution in [0, 0.1) is 5.82 Å². The Kier molecular flexibility index (Phi) is 7.80. The number of carbonyl (C=O) groups excluding carboxylic acids is 4. The zero-order valence-electron chi connectivity index (χ0n) is 20.1. The molecule has 11 heteroatoms. The molecule has 0 bridgehead atoms. The monoisotopic (exact) mass is 555 g/mol. The van der Waals surface area contributed by atoms with Gasteiger partial charge >= 0.3 is 5.97 Å². The second-order valence-electron chi connectivity index (χ2n) is 8.42. The summed E-state index contributed by atoms with van der Waals surface area (Å²) in [6.45, 7) is 3.50. The molecular formula is C27H20Cl2FN3O5. The Balaban J connectivity index is 1.47. The summed E-state index contributed by atoms with van der Waals surface area (Å²) in [6, 6.07) is 15.8. The SMILES string of the molecule is CC(C)OC(=O)c1ccc(NC(=O)c2cccc(NC3=C(Cl)C(=O)N(c4ccc(F)c(Cl)c4)C3=O)c2)cc1. The van der Waals surface area contributed by atoms with Crippen molar-refractivity contribution >= 4 is 64.0 Å². The molecule has 3 aromatic carbocycles. The molecule has 0 spiro atoms. The maximum absolute atomic E-state index is 13.5. The van der Waals surface area contributed by atoms with E-state index in [-0.39, 0.29) is 33.1 Å². The molecule has 0 saturated carbocycles. The van der Waals surface area contributed by atoms with E-state index in [2.05, 4.69) is 10.6 Å². The number of benzene rings is 3. The van der Waals surface area contributed by atoms with Crippen molar-refractivity contribution in [2.45, 2.75) is 20.0 Å². The molecule has 0 aromatic heterocycles. The first-order valence-corrected chi connectivity index (χ1v) is 12.0. The molecule has 4 rings (SSSR count). The molecule has 3 aromatic rings. The molecule has 3 amide bonds. The highest BCUT2D eigenvalue weighted by Crippen LogP contribution is 2.32. The van der Waals surface area contributed by atoms with Gasteiger partial charge in [0, 0.05) is 16.9 Å². The topological polar surface area (TPSA) is 105 Å². The average molecular weight is 556 g/mol. The van der Waals surface area contributed by atoms with Gasteiger partial charge in [-0.05, 0) is 74.5 Å². The van der Waals surface area contributed by atoms with Crippen LogP contribution in [0.25, 0.3) is 0 Å². The summed E-state index contributed by atoms with van der Waals surface area (Å²) in [5.41, 5.74) is 1.20. The second kappa shape index (κ2) is 11.0. The molecule has 2 N–H and O–H groups in total. The number of nitrogens with one attached hydrogen (secondary N) is 2. The number of hydrogen-bond donors (Lipinski definition) is 2. The molecule has 8 nitrogen and oxygen atoms in total. The minimum absolute atomic E-state index is 0.0537. The first-order valence-electron chi connectivity index (χ1n) is 11.3. The van der Waals surface area contributed by atoms with E-state index in [4.69, 9.17) is 27.9 Å². The van der Waals surface area contributed by atoms with Crippen molar-refractivity contribution in [1.82, 2.24) is 0 Å². The molecule has 1 heterocycles. The Morgan fingerprint density at radius 2 is 1.61 bits per heavy atom. The van der Waals surface area contributed by atoms with E-state index in [1.807, 2.05) is 0 Å². The molecule has 0 fully saturated rings.